The number of nitrogens with zero attached hydrogens (tertiary/aromatic N) is 2. The van der Waals surface area contributed by atoms with Crippen molar-refractivity contribution in [2.75, 3.05) is 5.32 Å². The lowest BCUT2D eigenvalue weighted by Crippen LogP contribution is -2.21. The van der Waals surface area contributed by atoms with Crippen molar-refractivity contribution in [1.29, 1.82) is 0 Å². The molecule has 0 aliphatic carbocycles. The molecule has 2 aromatic rings. The number of nitrogens with one attached hydrogen (secondary N) is 1. The molecule has 1 heterocycles. The van der Waals surface area contributed by atoms with Crippen LogP contribution in [0.25, 0.3) is 5.69 Å². The van der Waals surface area contributed by atoms with E-state index in [1.165, 1.54) is 24.3 Å². The van der Waals surface area contributed by atoms with E-state index in [-0.39, 0.29) is 23.2 Å². The van der Waals surface area contributed by atoms with Crippen LogP contribution in [0.5, 0.6) is 0 Å². The Morgan fingerprint density at radius 3 is 2.59 bits per heavy atom. The van der Waals surface area contributed by atoms with E-state index in [0.717, 1.165) is 5.57 Å². The molecule has 0 radical (unpaired) electrons. The minimum absolute atomic E-state index is 0.0276. The number of rotatable bonds is 6. The highest BCUT2D eigenvalue weighted by Gasteiger charge is 2.40. The summed E-state index contributed by atoms with van der Waals surface area (Å²) in [6.07, 6.45) is -3.80. The Morgan fingerprint density at radius 1 is 1.37 bits per heavy atom. The number of halogens is 3. The summed E-state index contributed by atoms with van der Waals surface area (Å²) in [5.41, 5.74) is -1.27. The number of carbonyl (C=O) groups excluding carboxylic acids is 1. The number of carboxylic acid groups (broad SMARTS) is 1. The maximum absolute atomic E-state index is 13.3. The van der Waals surface area contributed by atoms with Gasteiger partial charge in [-0.15, -0.1) is 6.58 Å². The van der Waals surface area contributed by atoms with Gasteiger partial charge in [0.1, 0.15) is 5.56 Å². The zero-order valence-corrected chi connectivity index (χ0v) is 14.7. The molecule has 27 heavy (non-hydrogen) atoms. The predicted molar refractivity (Wildman–Crippen MR) is 92.8 cm³/mol. The van der Waals surface area contributed by atoms with Crippen LogP contribution in [0.3, 0.4) is 0 Å². The molecule has 2 N–H and O–H groups in total. The lowest BCUT2D eigenvalue weighted by atomic mass is 10.0. The topological polar surface area (TPSA) is 84.2 Å². The van der Waals surface area contributed by atoms with Crippen molar-refractivity contribution in [2.45, 2.75) is 26.4 Å². The van der Waals surface area contributed by atoms with Gasteiger partial charge in [0.2, 0.25) is 5.91 Å². The van der Waals surface area contributed by atoms with Gasteiger partial charge in [-0.2, -0.15) is 18.3 Å². The summed E-state index contributed by atoms with van der Waals surface area (Å²) in [6, 6.07) is 5.58. The minimum Gasteiger partial charge on any atom is -0.478 e. The number of carboxylic acids is 1. The first-order chi connectivity index (χ1) is 12.5. The van der Waals surface area contributed by atoms with Gasteiger partial charge in [0, 0.05) is 11.6 Å². The third kappa shape index (κ3) is 4.75. The van der Waals surface area contributed by atoms with Crippen LogP contribution >= 0.6 is 0 Å². The van der Waals surface area contributed by atoms with Crippen LogP contribution in [0.1, 0.15) is 36.3 Å². The van der Waals surface area contributed by atoms with E-state index in [0.29, 0.717) is 17.3 Å². The molecular weight excluding hydrogens is 363 g/mol. The van der Waals surface area contributed by atoms with E-state index in [4.69, 9.17) is 5.11 Å². The van der Waals surface area contributed by atoms with Crippen molar-refractivity contribution >= 4 is 17.6 Å². The molecule has 144 valence electrons. The van der Waals surface area contributed by atoms with E-state index in [1.54, 1.807) is 13.8 Å². The fourth-order valence-electron chi connectivity index (χ4n) is 2.57. The van der Waals surface area contributed by atoms with E-state index in [9.17, 15) is 22.8 Å². The van der Waals surface area contributed by atoms with E-state index >= 15 is 0 Å². The summed E-state index contributed by atoms with van der Waals surface area (Å²) in [5.74, 6) is -2.40. The molecule has 1 aromatic carbocycles. The quantitative estimate of drug-likeness (QED) is 0.737. The lowest BCUT2D eigenvalue weighted by molar-refractivity contribution is -0.143. The van der Waals surface area contributed by atoms with E-state index in [1.807, 2.05) is 0 Å². The Labute approximate surface area is 153 Å². The van der Waals surface area contributed by atoms with Gasteiger partial charge in [-0.25, -0.2) is 9.48 Å². The van der Waals surface area contributed by atoms with Crippen molar-refractivity contribution in [1.82, 2.24) is 9.78 Å². The summed E-state index contributed by atoms with van der Waals surface area (Å²) in [6.45, 7) is 7.24. The van der Waals surface area contributed by atoms with Crippen LogP contribution in [0, 0.1) is 5.92 Å². The second-order valence-electron chi connectivity index (χ2n) is 6.22. The first-order valence-corrected chi connectivity index (χ1v) is 7.95. The molecule has 1 aromatic heterocycles. The highest BCUT2D eigenvalue weighted by atomic mass is 19.4. The Morgan fingerprint density at radius 2 is 2.04 bits per heavy atom. The Bertz CT molecular complexity index is 887. The van der Waals surface area contributed by atoms with Gasteiger partial charge in [0.25, 0.3) is 0 Å². The SMILES string of the molecule is C=C(C)CC(C)C(=O)Nc1cccc(-n2ncc(C(=O)O)c2C(F)(F)F)c1. The second-order valence-corrected chi connectivity index (χ2v) is 6.22. The van der Waals surface area contributed by atoms with Crippen LogP contribution in [0.4, 0.5) is 18.9 Å². The molecule has 1 amide bonds. The van der Waals surface area contributed by atoms with Gasteiger partial charge >= 0.3 is 12.1 Å². The number of hydrogen-bond acceptors (Lipinski definition) is 3. The summed E-state index contributed by atoms with van der Waals surface area (Å²) in [4.78, 5) is 23.3. The fraction of sp³-hybridized carbons (Fsp3) is 0.278. The Kier molecular flexibility index (Phi) is 5.72. The van der Waals surface area contributed by atoms with Crippen molar-refractivity contribution < 1.29 is 27.9 Å². The maximum atomic E-state index is 13.3. The summed E-state index contributed by atoms with van der Waals surface area (Å²) < 4.78 is 40.5. The van der Waals surface area contributed by atoms with Gasteiger partial charge in [-0.1, -0.05) is 18.6 Å². The van der Waals surface area contributed by atoms with Crippen LogP contribution in [0.2, 0.25) is 0 Å². The average molecular weight is 381 g/mol. The number of carbonyl (C=O) groups is 2. The normalized spacial score (nSPS) is 12.5. The molecule has 0 bridgehead atoms. The molecule has 0 aliphatic rings. The molecular formula is C18H18F3N3O3. The molecule has 1 atom stereocenters. The lowest BCUT2D eigenvalue weighted by Gasteiger charge is -2.14. The van der Waals surface area contributed by atoms with Gasteiger partial charge in [-0.05, 0) is 31.5 Å². The molecule has 1 unspecified atom stereocenters. The maximum Gasteiger partial charge on any atom is 0.434 e. The molecule has 9 heteroatoms. The standard InChI is InChI=1S/C18H18F3N3O3/c1-10(2)7-11(3)16(25)23-12-5-4-6-13(8-12)24-15(18(19,20)21)14(9-22-24)17(26)27/h4-6,8-9,11H,1,7H2,2-3H3,(H,23,25)(H,26,27). The number of allylic oxidation sites excluding steroid dienone is 1. The molecule has 0 aliphatic heterocycles. The van der Waals surface area contributed by atoms with Crippen LogP contribution < -0.4 is 5.32 Å². The van der Waals surface area contributed by atoms with Gasteiger partial charge in [0.05, 0.1) is 11.9 Å². The number of aromatic nitrogens is 2. The Balaban J connectivity index is 2.37. The molecule has 0 fully saturated rings. The van der Waals surface area contributed by atoms with Crippen LogP contribution in [-0.2, 0) is 11.0 Å². The summed E-state index contributed by atoms with van der Waals surface area (Å²) in [5, 5.41) is 15.2. The second kappa shape index (κ2) is 7.65. The average Bonchev–Trinajstić information content (AvgIpc) is 3.00. The number of alkyl halides is 3. The Hall–Kier alpha value is -3.10. The van der Waals surface area contributed by atoms with Gasteiger partial charge in [0.15, 0.2) is 5.69 Å². The molecule has 0 spiro atoms. The summed E-state index contributed by atoms with van der Waals surface area (Å²) >= 11 is 0. The first kappa shape index (κ1) is 20.2. The zero-order chi connectivity index (χ0) is 20.4. The van der Waals surface area contributed by atoms with Crippen molar-refractivity contribution in [3.8, 4) is 5.69 Å². The largest absolute Gasteiger partial charge is 0.478 e. The smallest absolute Gasteiger partial charge is 0.434 e. The van der Waals surface area contributed by atoms with Crippen LogP contribution in [-0.4, -0.2) is 26.8 Å². The van der Waals surface area contributed by atoms with Crippen molar-refractivity contribution in [2.24, 2.45) is 5.92 Å². The van der Waals surface area contributed by atoms with Crippen LogP contribution in [0.15, 0.2) is 42.6 Å². The van der Waals surface area contributed by atoms with Gasteiger partial charge < -0.3 is 10.4 Å². The monoisotopic (exact) mass is 381 g/mol. The number of aromatic carboxylic acids is 1. The zero-order valence-electron chi connectivity index (χ0n) is 14.7. The number of amides is 1. The van der Waals surface area contributed by atoms with Gasteiger partial charge in [-0.3, -0.25) is 4.79 Å². The molecule has 0 saturated heterocycles. The van der Waals surface area contributed by atoms with Crippen molar-refractivity contribution in [3.63, 3.8) is 0 Å². The molecule has 2 rings (SSSR count). The third-order valence-corrected chi connectivity index (χ3v) is 3.73. The number of anilines is 1. The molecule has 6 nitrogen and oxygen atoms in total. The summed E-state index contributed by atoms with van der Waals surface area (Å²) in [7, 11) is 0. The highest BCUT2D eigenvalue weighted by Crippen LogP contribution is 2.34. The third-order valence-electron chi connectivity index (χ3n) is 3.73. The van der Waals surface area contributed by atoms with E-state index < -0.39 is 23.4 Å². The molecule has 0 saturated carbocycles. The fourth-order valence-corrected chi connectivity index (χ4v) is 2.57. The van der Waals surface area contributed by atoms with E-state index in [2.05, 4.69) is 17.0 Å². The number of benzene rings is 1. The first-order valence-electron chi connectivity index (χ1n) is 7.95. The number of hydrogen-bond donors (Lipinski definition) is 2. The van der Waals surface area contributed by atoms with Crippen molar-refractivity contribution in [3.05, 3.63) is 53.9 Å². The highest BCUT2D eigenvalue weighted by molar-refractivity contribution is 5.93. The minimum atomic E-state index is -4.92. The predicted octanol–water partition coefficient (Wildman–Crippen LogP) is 4.13.